The van der Waals surface area contributed by atoms with Crippen molar-refractivity contribution >= 4 is 16.8 Å². The normalized spacial score (nSPS) is 11.0. The maximum absolute atomic E-state index is 12.8. The van der Waals surface area contributed by atoms with Crippen molar-refractivity contribution in [3.05, 3.63) is 81.3 Å². The van der Waals surface area contributed by atoms with Crippen LogP contribution in [0.3, 0.4) is 0 Å². The van der Waals surface area contributed by atoms with Crippen molar-refractivity contribution in [1.82, 2.24) is 19.3 Å². The molecule has 2 aromatic heterocycles. The van der Waals surface area contributed by atoms with Crippen LogP contribution in [0, 0.1) is 0 Å². The Hall–Kier alpha value is -4.01. The number of nitrogens with two attached hydrogens (primary N) is 1. The lowest BCUT2D eigenvalue weighted by molar-refractivity contribution is -0.118. The van der Waals surface area contributed by atoms with Gasteiger partial charge in [0.15, 0.2) is 0 Å². The molecular formula is C20H17N5O4. The first kappa shape index (κ1) is 18.4. The minimum Gasteiger partial charge on any atom is -0.368 e. The molecule has 0 aliphatic carbocycles. The van der Waals surface area contributed by atoms with Crippen molar-refractivity contribution in [3.8, 4) is 11.4 Å². The second-order valence-corrected chi connectivity index (χ2v) is 6.44. The number of hydrogen-bond donors (Lipinski definition) is 1. The Balaban J connectivity index is 1.68. The van der Waals surface area contributed by atoms with E-state index in [0.717, 1.165) is 10.1 Å². The quantitative estimate of drug-likeness (QED) is 0.521. The summed E-state index contributed by atoms with van der Waals surface area (Å²) in [6.07, 6.45) is 0.184. The summed E-state index contributed by atoms with van der Waals surface area (Å²) in [6, 6.07) is 15.9. The third-order valence-corrected chi connectivity index (χ3v) is 4.50. The molecular weight excluding hydrogens is 374 g/mol. The van der Waals surface area contributed by atoms with Crippen LogP contribution in [0.5, 0.6) is 0 Å². The number of carbonyl (C=O) groups excluding carboxylic acids is 1. The fourth-order valence-electron chi connectivity index (χ4n) is 3.15. The fraction of sp³-hybridized carbons (Fsp3) is 0.150. The standard InChI is InChI=1S/C20H17N5O4/c21-16(26)12-25-15-9-5-4-8-14(15)19(27)24(20(25)28)11-10-17-22-18(23-29-17)13-6-2-1-3-7-13/h1-9H,10-12H2,(H2,21,26). The average Bonchev–Trinajstić information content (AvgIpc) is 3.20. The van der Waals surface area contributed by atoms with Gasteiger partial charge in [0.25, 0.3) is 5.56 Å². The van der Waals surface area contributed by atoms with E-state index in [1.807, 2.05) is 30.3 Å². The molecule has 0 unspecified atom stereocenters. The Morgan fingerprint density at radius 2 is 1.72 bits per heavy atom. The lowest BCUT2D eigenvalue weighted by Crippen LogP contribution is -2.42. The highest BCUT2D eigenvalue weighted by molar-refractivity contribution is 5.80. The highest BCUT2D eigenvalue weighted by Gasteiger charge is 2.15. The number of rotatable bonds is 6. The van der Waals surface area contributed by atoms with Gasteiger partial charge in [-0.15, -0.1) is 0 Å². The van der Waals surface area contributed by atoms with Crippen molar-refractivity contribution in [2.24, 2.45) is 5.73 Å². The van der Waals surface area contributed by atoms with E-state index in [9.17, 15) is 14.4 Å². The molecule has 9 nitrogen and oxygen atoms in total. The smallest absolute Gasteiger partial charge is 0.331 e. The van der Waals surface area contributed by atoms with Gasteiger partial charge in [0.2, 0.25) is 17.6 Å². The summed E-state index contributed by atoms with van der Waals surface area (Å²) >= 11 is 0. The van der Waals surface area contributed by atoms with Crippen LogP contribution >= 0.6 is 0 Å². The third-order valence-electron chi connectivity index (χ3n) is 4.50. The van der Waals surface area contributed by atoms with Gasteiger partial charge in [-0.25, -0.2) is 4.79 Å². The van der Waals surface area contributed by atoms with E-state index >= 15 is 0 Å². The maximum atomic E-state index is 12.8. The Bertz CT molecular complexity index is 1300. The van der Waals surface area contributed by atoms with Crippen molar-refractivity contribution in [2.45, 2.75) is 19.5 Å². The molecule has 0 aliphatic rings. The van der Waals surface area contributed by atoms with Crippen LogP contribution in [0.25, 0.3) is 22.3 Å². The number of fused-ring (bicyclic) bond motifs is 1. The molecule has 9 heteroatoms. The summed E-state index contributed by atoms with van der Waals surface area (Å²) < 4.78 is 7.49. The number of nitrogens with zero attached hydrogens (tertiary/aromatic N) is 4. The molecule has 29 heavy (non-hydrogen) atoms. The summed E-state index contributed by atoms with van der Waals surface area (Å²) in [5.41, 5.74) is 5.37. The Labute approximate surface area is 164 Å². The van der Waals surface area contributed by atoms with E-state index < -0.39 is 17.2 Å². The molecule has 0 saturated carbocycles. The zero-order valence-corrected chi connectivity index (χ0v) is 15.3. The SMILES string of the molecule is NC(=O)Cn1c(=O)n(CCc2nc(-c3ccccc3)no2)c(=O)c2ccccc21. The van der Waals surface area contributed by atoms with Crippen LogP contribution in [-0.2, 0) is 24.3 Å². The van der Waals surface area contributed by atoms with Crippen LogP contribution in [0.2, 0.25) is 0 Å². The van der Waals surface area contributed by atoms with Crippen LogP contribution in [-0.4, -0.2) is 25.2 Å². The highest BCUT2D eigenvalue weighted by Crippen LogP contribution is 2.15. The number of carbonyl (C=O) groups is 1. The number of amides is 1. The second kappa shape index (κ2) is 7.55. The molecule has 0 saturated heterocycles. The predicted octanol–water partition coefficient (Wildman–Crippen LogP) is 0.941. The van der Waals surface area contributed by atoms with E-state index in [2.05, 4.69) is 10.1 Å². The minimum absolute atomic E-state index is 0.0255. The van der Waals surface area contributed by atoms with E-state index in [1.54, 1.807) is 24.3 Å². The number of primary amides is 1. The molecule has 0 spiro atoms. The molecule has 2 aromatic carbocycles. The van der Waals surface area contributed by atoms with Crippen LogP contribution in [0.15, 0.2) is 68.7 Å². The maximum Gasteiger partial charge on any atom is 0.331 e. The summed E-state index contributed by atoms with van der Waals surface area (Å²) in [7, 11) is 0. The Kier molecular flexibility index (Phi) is 4.78. The van der Waals surface area contributed by atoms with Gasteiger partial charge in [0, 0.05) is 18.5 Å². The van der Waals surface area contributed by atoms with E-state index in [1.165, 1.54) is 4.57 Å². The first-order valence-corrected chi connectivity index (χ1v) is 8.93. The monoisotopic (exact) mass is 391 g/mol. The number of aromatic nitrogens is 4. The molecule has 0 atom stereocenters. The van der Waals surface area contributed by atoms with Crippen molar-refractivity contribution in [1.29, 1.82) is 0 Å². The van der Waals surface area contributed by atoms with Crippen LogP contribution in [0.4, 0.5) is 0 Å². The average molecular weight is 391 g/mol. The van der Waals surface area contributed by atoms with Crippen molar-refractivity contribution in [3.63, 3.8) is 0 Å². The van der Waals surface area contributed by atoms with Gasteiger partial charge < -0.3 is 10.3 Å². The molecule has 146 valence electrons. The van der Waals surface area contributed by atoms with Crippen molar-refractivity contribution < 1.29 is 9.32 Å². The molecule has 0 bridgehead atoms. The van der Waals surface area contributed by atoms with Gasteiger partial charge in [-0.05, 0) is 12.1 Å². The van der Waals surface area contributed by atoms with Crippen LogP contribution < -0.4 is 17.0 Å². The molecule has 0 aliphatic heterocycles. The first-order valence-electron chi connectivity index (χ1n) is 8.93. The molecule has 1 amide bonds. The van der Waals surface area contributed by atoms with Gasteiger partial charge in [-0.3, -0.25) is 18.7 Å². The largest absolute Gasteiger partial charge is 0.368 e. The number of benzene rings is 2. The summed E-state index contributed by atoms with van der Waals surface area (Å²) in [6.45, 7) is -0.296. The van der Waals surface area contributed by atoms with Gasteiger partial charge in [0.1, 0.15) is 6.54 Å². The summed E-state index contributed by atoms with van der Waals surface area (Å²) in [5.74, 6) is 0.0502. The van der Waals surface area contributed by atoms with Gasteiger partial charge in [0.05, 0.1) is 10.9 Å². The first-order chi connectivity index (χ1) is 14.0. The summed E-state index contributed by atoms with van der Waals surface area (Å²) in [5, 5.41) is 4.26. The van der Waals surface area contributed by atoms with E-state index in [0.29, 0.717) is 22.6 Å². The molecule has 2 N–H and O–H groups in total. The topological polar surface area (TPSA) is 126 Å². The Morgan fingerprint density at radius 3 is 2.48 bits per heavy atom. The molecule has 0 fully saturated rings. The zero-order chi connectivity index (χ0) is 20.4. The summed E-state index contributed by atoms with van der Waals surface area (Å²) in [4.78, 5) is 41.4. The number of para-hydroxylation sites is 1. The predicted molar refractivity (Wildman–Crippen MR) is 105 cm³/mol. The molecule has 4 aromatic rings. The van der Waals surface area contributed by atoms with Gasteiger partial charge in [-0.1, -0.05) is 47.6 Å². The third kappa shape index (κ3) is 3.57. The Morgan fingerprint density at radius 1 is 1.00 bits per heavy atom. The van der Waals surface area contributed by atoms with E-state index in [4.69, 9.17) is 10.3 Å². The van der Waals surface area contributed by atoms with Gasteiger partial charge >= 0.3 is 5.69 Å². The molecule has 0 radical (unpaired) electrons. The fourth-order valence-corrected chi connectivity index (χ4v) is 3.15. The lowest BCUT2D eigenvalue weighted by atomic mass is 10.2. The number of aryl methyl sites for hydroxylation is 1. The molecule has 2 heterocycles. The van der Waals surface area contributed by atoms with Crippen LogP contribution in [0.1, 0.15) is 5.89 Å². The lowest BCUT2D eigenvalue weighted by Gasteiger charge is -2.12. The second-order valence-electron chi connectivity index (χ2n) is 6.44. The van der Waals surface area contributed by atoms with Crippen molar-refractivity contribution in [2.75, 3.05) is 0 Å². The highest BCUT2D eigenvalue weighted by atomic mass is 16.5. The zero-order valence-electron chi connectivity index (χ0n) is 15.3. The minimum atomic E-state index is -0.674. The molecule has 4 rings (SSSR count). The number of hydrogen-bond acceptors (Lipinski definition) is 6. The van der Waals surface area contributed by atoms with E-state index in [-0.39, 0.29) is 19.5 Å². The van der Waals surface area contributed by atoms with Gasteiger partial charge in [-0.2, -0.15) is 4.98 Å².